The van der Waals surface area contributed by atoms with Crippen molar-refractivity contribution >= 4 is 22.6 Å². The van der Waals surface area contributed by atoms with Crippen LogP contribution in [0.15, 0.2) is 60.7 Å². The summed E-state index contributed by atoms with van der Waals surface area (Å²) in [4.78, 5) is 11.9. The Morgan fingerprint density at radius 1 is 1.04 bits per heavy atom. The van der Waals surface area contributed by atoms with Crippen LogP contribution in [0.4, 0.5) is 10.5 Å². The number of nitrogens with one attached hydrogen (secondary N) is 1. The van der Waals surface area contributed by atoms with Crippen LogP contribution in [0.5, 0.6) is 5.75 Å². The molecule has 134 valence electrons. The summed E-state index contributed by atoms with van der Waals surface area (Å²) >= 11 is 0. The van der Waals surface area contributed by atoms with Gasteiger partial charge in [-0.1, -0.05) is 49.4 Å². The largest absolute Gasteiger partial charge is 0.496 e. The van der Waals surface area contributed by atoms with E-state index in [2.05, 4.69) is 36.5 Å². The number of methoxy groups -OCH3 is 1. The van der Waals surface area contributed by atoms with Crippen molar-refractivity contribution in [3.8, 4) is 5.75 Å². The zero-order valence-electron chi connectivity index (χ0n) is 15.1. The molecule has 0 atom stereocenters. The second kappa shape index (κ2) is 8.39. The van der Waals surface area contributed by atoms with E-state index in [1.54, 1.807) is 7.11 Å². The maximum atomic E-state index is 11.9. The van der Waals surface area contributed by atoms with E-state index in [1.807, 2.05) is 36.4 Å². The van der Waals surface area contributed by atoms with Crippen LogP contribution in [0, 0.1) is 0 Å². The van der Waals surface area contributed by atoms with Gasteiger partial charge in [-0.05, 0) is 41.0 Å². The molecular weight excluding hydrogens is 326 g/mol. The Labute approximate surface area is 153 Å². The van der Waals surface area contributed by atoms with Gasteiger partial charge in [-0.15, -0.1) is 0 Å². The van der Waals surface area contributed by atoms with Crippen molar-refractivity contribution in [2.24, 2.45) is 0 Å². The lowest BCUT2D eigenvalue weighted by Gasteiger charge is -2.13. The maximum Gasteiger partial charge on any atom is 0.411 e. The first-order chi connectivity index (χ1) is 12.7. The zero-order valence-corrected chi connectivity index (χ0v) is 15.1. The van der Waals surface area contributed by atoms with Crippen LogP contribution >= 0.6 is 0 Å². The second-order valence-electron chi connectivity index (χ2n) is 6.03. The molecule has 0 radical (unpaired) electrons. The third-order valence-electron chi connectivity index (χ3n) is 4.39. The highest BCUT2D eigenvalue weighted by molar-refractivity contribution is 5.88. The predicted molar refractivity (Wildman–Crippen MR) is 105 cm³/mol. The highest BCUT2D eigenvalue weighted by Crippen LogP contribution is 2.29. The maximum absolute atomic E-state index is 11.9. The minimum atomic E-state index is -0.455. The number of carbonyl (C=O) groups excluding carboxylic acids is 1. The monoisotopic (exact) mass is 349 g/mol. The molecule has 0 unspecified atom stereocenters. The molecule has 1 N–H and O–H groups in total. The Bertz CT molecular complexity index is 891. The van der Waals surface area contributed by atoms with Gasteiger partial charge in [0.05, 0.1) is 13.7 Å². The van der Waals surface area contributed by atoms with E-state index in [-0.39, 0.29) is 6.61 Å². The molecular formula is C22H23NO3. The Morgan fingerprint density at radius 3 is 2.58 bits per heavy atom. The third kappa shape index (κ3) is 4.14. The summed E-state index contributed by atoms with van der Waals surface area (Å²) in [6.45, 7) is 2.43. The number of fused-ring (bicyclic) bond motifs is 1. The summed E-state index contributed by atoms with van der Waals surface area (Å²) in [5.74, 6) is 0.814. The molecule has 0 saturated carbocycles. The third-order valence-corrected chi connectivity index (χ3v) is 4.39. The second-order valence-corrected chi connectivity index (χ2v) is 6.03. The molecule has 4 heteroatoms. The number of rotatable bonds is 6. The molecule has 3 aromatic rings. The molecule has 26 heavy (non-hydrogen) atoms. The summed E-state index contributed by atoms with van der Waals surface area (Å²) in [7, 11) is 1.66. The number of amides is 1. The molecule has 4 nitrogen and oxygen atoms in total. The summed E-state index contributed by atoms with van der Waals surface area (Å²) in [6.07, 6.45) is 1.14. The van der Waals surface area contributed by atoms with Crippen molar-refractivity contribution in [1.82, 2.24) is 0 Å². The normalized spacial score (nSPS) is 10.5. The zero-order chi connectivity index (χ0) is 18.4. The molecule has 3 aromatic carbocycles. The molecule has 0 spiro atoms. The van der Waals surface area contributed by atoms with Gasteiger partial charge in [0.15, 0.2) is 0 Å². The van der Waals surface area contributed by atoms with E-state index in [0.29, 0.717) is 12.1 Å². The minimum absolute atomic E-state index is 0.281. The molecule has 1 amide bonds. The molecule has 0 fully saturated rings. The first-order valence-corrected chi connectivity index (χ1v) is 8.78. The summed E-state index contributed by atoms with van der Waals surface area (Å²) in [5, 5.41) is 5.02. The first kappa shape index (κ1) is 17.8. The quantitative estimate of drug-likeness (QED) is 0.665. The number of hydrogen-bond donors (Lipinski definition) is 1. The van der Waals surface area contributed by atoms with Crippen LogP contribution < -0.4 is 10.1 Å². The number of aryl methyl sites for hydroxylation is 1. The SMILES string of the molecule is CCc1ccc2c(CCOC(=O)Nc3ccccc3)c(OC)ccc2c1. The fraction of sp³-hybridized carbons (Fsp3) is 0.227. The van der Waals surface area contributed by atoms with Crippen LogP contribution in [0.1, 0.15) is 18.1 Å². The lowest BCUT2D eigenvalue weighted by Crippen LogP contribution is -2.15. The number of hydrogen-bond acceptors (Lipinski definition) is 3. The van der Waals surface area contributed by atoms with Crippen molar-refractivity contribution in [1.29, 1.82) is 0 Å². The van der Waals surface area contributed by atoms with E-state index < -0.39 is 6.09 Å². The fourth-order valence-corrected chi connectivity index (χ4v) is 3.01. The summed E-state index contributed by atoms with van der Waals surface area (Å²) < 4.78 is 10.8. The van der Waals surface area contributed by atoms with Gasteiger partial charge in [-0.2, -0.15) is 0 Å². The molecule has 0 saturated heterocycles. The average molecular weight is 349 g/mol. The number of benzene rings is 3. The van der Waals surface area contributed by atoms with Gasteiger partial charge in [0.2, 0.25) is 0 Å². The molecule has 0 aromatic heterocycles. The van der Waals surface area contributed by atoms with Crippen LogP contribution in [-0.4, -0.2) is 19.8 Å². The van der Waals surface area contributed by atoms with Crippen molar-refractivity contribution in [2.45, 2.75) is 19.8 Å². The van der Waals surface area contributed by atoms with Gasteiger partial charge in [-0.25, -0.2) is 4.79 Å². The van der Waals surface area contributed by atoms with Crippen molar-refractivity contribution < 1.29 is 14.3 Å². The fourth-order valence-electron chi connectivity index (χ4n) is 3.01. The molecule has 3 rings (SSSR count). The Morgan fingerprint density at radius 2 is 1.85 bits per heavy atom. The van der Waals surface area contributed by atoms with E-state index in [1.165, 1.54) is 10.9 Å². The molecule has 0 aliphatic rings. The van der Waals surface area contributed by atoms with E-state index in [9.17, 15) is 4.79 Å². The standard InChI is InChI=1S/C22H23NO3/c1-3-16-9-11-19-17(15-16)10-12-21(25-2)20(19)13-14-26-22(24)23-18-7-5-4-6-8-18/h4-12,15H,3,13-14H2,1-2H3,(H,23,24). The Hall–Kier alpha value is -3.01. The van der Waals surface area contributed by atoms with Crippen LogP contribution in [0.2, 0.25) is 0 Å². The van der Waals surface area contributed by atoms with E-state index in [4.69, 9.17) is 9.47 Å². The van der Waals surface area contributed by atoms with Gasteiger partial charge >= 0.3 is 6.09 Å². The van der Waals surface area contributed by atoms with Gasteiger partial charge in [0, 0.05) is 17.7 Å². The van der Waals surface area contributed by atoms with Gasteiger partial charge in [0.25, 0.3) is 0 Å². The van der Waals surface area contributed by atoms with Crippen LogP contribution in [0.25, 0.3) is 10.8 Å². The van der Waals surface area contributed by atoms with Crippen LogP contribution in [-0.2, 0) is 17.6 Å². The Kier molecular flexibility index (Phi) is 5.74. The predicted octanol–water partition coefficient (Wildman–Crippen LogP) is 5.20. The Balaban J connectivity index is 1.70. The number of anilines is 1. The van der Waals surface area contributed by atoms with Gasteiger partial charge < -0.3 is 9.47 Å². The summed E-state index contributed by atoms with van der Waals surface area (Å²) in [6, 6.07) is 19.8. The molecule has 0 aliphatic heterocycles. The van der Waals surface area contributed by atoms with Crippen molar-refractivity contribution in [3.05, 3.63) is 71.8 Å². The lowest BCUT2D eigenvalue weighted by atomic mass is 9.98. The first-order valence-electron chi connectivity index (χ1n) is 8.78. The van der Waals surface area contributed by atoms with Gasteiger partial charge in [-0.3, -0.25) is 5.32 Å². The smallest absolute Gasteiger partial charge is 0.411 e. The minimum Gasteiger partial charge on any atom is -0.496 e. The topological polar surface area (TPSA) is 47.6 Å². The molecule has 0 heterocycles. The van der Waals surface area contributed by atoms with Gasteiger partial charge in [0.1, 0.15) is 5.75 Å². The van der Waals surface area contributed by atoms with Crippen molar-refractivity contribution in [2.75, 3.05) is 19.0 Å². The number of carbonyl (C=O) groups is 1. The highest BCUT2D eigenvalue weighted by Gasteiger charge is 2.10. The van der Waals surface area contributed by atoms with E-state index in [0.717, 1.165) is 23.1 Å². The highest BCUT2D eigenvalue weighted by atomic mass is 16.5. The molecule has 0 bridgehead atoms. The molecule has 0 aliphatic carbocycles. The van der Waals surface area contributed by atoms with Crippen molar-refractivity contribution in [3.63, 3.8) is 0 Å². The van der Waals surface area contributed by atoms with Crippen LogP contribution in [0.3, 0.4) is 0 Å². The number of para-hydroxylation sites is 1. The number of ether oxygens (including phenoxy) is 2. The average Bonchev–Trinajstić information content (AvgIpc) is 2.68. The summed E-state index contributed by atoms with van der Waals surface area (Å²) in [5.41, 5.74) is 3.07. The van der Waals surface area contributed by atoms with E-state index >= 15 is 0 Å². The lowest BCUT2D eigenvalue weighted by molar-refractivity contribution is 0.163.